The Labute approximate surface area is 87.5 Å². The number of anilines is 1. The van der Waals surface area contributed by atoms with E-state index in [2.05, 4.69) is 9.97 Å². The van der Waals surface area contributed by atoms with Crippen LogP contribution in [0.15, 0.2) is 6.07 Å². The van der Waals surface area contributed by atoms with Crippen molar-refractivity contribution in [2.24, 2.45) is 0 Å². The van der Waals surface area contributed by atoms with E-state index < -0.39 is 0 Å². The van der Waals surface area contributed by atoms with Gasteiger partial charge in [-0.05, 0) is 19.4 Å². The first kappa shape index (κ1) is 9.68. The van der Waals surface area contributed by atoms with Crippen LogP contribution in [-0.4, -0.2) is 34.3 Å². The normalized spacial score (nSPS) is 21.6. The van der Waals surface area contributed by atoms with Crippen LogP contribution in [0.5, 0.6) is 0 Å². The van der Waals surface area contributed by atoms with Gasteiger partial charge in [-0.15, -0.1) is 0 Å². The summed E-state index contributed by atoms with van der Waals surface area (Å²) in [5.74, 6) is 0.617. The third-order valence-electron chi connectivity index (χ3n) is 2.26. The molecule has 5 heteroatoms. The zero-order valence-electron chi connectivity index (χ0n) is 7.94. The van der Waals surface area contributed by atoms with Crippen molar-refractivity contribution in [3.63, 3.8) is 0 Å². The summed E-state index contributed by atoms with van der Waals surface area (Å²) in [5, 5.41) is 9.82. The molecule has 76 valence electrons. The quantitative estimate of drug-likeness (QED) is 0.708. The summed E-state index contributed by atoms with van der Waals surface area (Å²) in [6.07, 6.45) is 0.507. The molecule has 1 fully saturated rings. The molecule has 4 nitrogen and oxygen atoms in total. The summed E-state index contributed by atoms with van der Waals surface area (Å²) in [4.78, 5) is 10.3. The Bertz CT molecular complexity index is 325. The van der Waals surface area contributed by atoms with Gasteiger partial charge >= 0.3 is 0 Å². The second-order valence-electron chi connectivity index (χ2n) is 3.52. The van der Waals surface area contributed by atoms with Gasteiger partial charge in [-0.1, -0.05) is 11.6 Å². The monoisotopic (exact) mass is 213 g/mol. The lowest BCUT2D eigenvalue weighted by Crippen LogP contribution is -2.23. The van der Waals surface area contributed by atoms with E-state index in [9.17, 15) is 5.11 Å². The molecule has 1 saturated heterocycles. The minimum Gasteiger partial charge on any atom is -0.391 e. The van der Waals surface area contributed by atoms with Crippen LogP contribution in [0.2, 0.25) is 5.15 Å². The van der Waals surface area contributed by atoms with E-state index in [0.29, 0.717) is 17.6 Å². The van der Waals surface area contributed by atoms with Gasteiger partial charge in [-0.25, -0.2) is 9.97 Å². The van der Waals surface area contributed by atoms with Gasteiger partial charge in [0.25, 0.3) is 0 Å². The molecular formula is C9H12ClN3O. The molecule has 0 radical (unpaired) electrons. The molecule has 0 aromatic carbocycles. The topological polar surface area (TPSA) is 49.2 Å². The van der Waals surface area contributed by atoms with Crippen LogP contribution >= 0.6 is 11.6 Å². The SMILES string of the molecule is Cc1cc(Cl)nc(N2CC[C@@H](O)C2)n1. The number of β-amino-alcohol motifs (C(OH)–C–C–N with tert-alkyl or cyclic N) is 1. The number of halogens is 1. The highest BCUT2D eigenvalue weighted by Crippen LogP contribution is 2.18. The molecule has 1 aromatic heterocycles. The van der Waals surface area contributed by atoms with E-state index in [1.54, 1.807) is 6.07 Å². The molecule has 1 N–H and O–H groups in total. The Hall–Kier alpha value is -0.870. The van der Waals surface area contributed by atoms with E-state index in [-0.39, 0.29) is 6.10 Å². The fourth-order valence-electron chi connectivity index (χ4n) is 1.58. The van der Waals surface area contributed by atoms with Gasteiger partial charge in [0.05, 0.1) is 6.10 Å². The molecular weight excluding hydrogens is 202 g/mol. The van der Waals surface area contributed by atoms with Gasteiger partial charge in [0.1, 0.15) is 5.15 Å². The highest BCUT2D eigenvalue weighted by molar-refractivity contribution is 6.29. The second kappa shape index (κ2) is 3.71. The molecule has 1 aromatic rings. The minimum absolute atomic E-state index is 0.266. The van der Waals surface area contributed by atoms with Crippen molar-refractivity contribution in [3.8, 4) is 0 Å². The van der Waals surface area contributed by atoms with Crippen molar-refractivity contribution in [3.05, 3.63) is 16.9 Å². The van der Waals surface area contributed by atoms with Gasteiger partial charge in [-0.3, -0.25) is 0 Å². The van der Waals surface area contributed by atoms with Crippen molar-refractivity contribution < 1.29 is 5.11 Å². The lowest BCUT2D eigenvalue weighted by atomic mass is 10.3. The molecule has 1 aliphatic rings. The maximum atomic E-state index is 9.37. The third kappa shape index (κ3) is 1.96. The fourth-order valence-corrected chi connectivity index (χ4v) is 1.81. The van der Waals surface area contributed by atoms with Crippen LogP contribution in [-0.2, 0) is 0 Å². The Kier molecular flexibility index (Phi) is 2.56. The maximum absolute atomic E-state index is 9.37. The average Bonchev–Trinajstić information content (AvgIpc) is 2.50. The molecule has 2 heterocycles. The van der Waals surface area contributed by atoms with E-state index in [0.717, 1.165) is 18.7 Å². The first-order valence-electron chi connectivity index (χ1n) is 4.59. The number of rotatable bonds is 1. The molecule has 0 amide bonds. The lowest BCUT2D eigenvalue weighted by molar-refractivity contribution is 0.198. The largest absolute Gasteiger partial charge is 0.391 e. The Morgan fingerprint density at radius 3 is 2.93 bits per heavy atom. The zero-order valence-corrected chi connectivity index (χ0v) is 8.70. The van der Waals surface area contributed by atoms with E-state index in [4.69, 9.17) is 11.6 Å². The first-order valence-corrected chi connectivity index (χ1v) is 4.97. The molecule has 2 rings (SSSR count). The summed E-state index contributed by atoms with van der Waals surface area (Å²) in [6.45, 7) is 3.27. The van der Waals surface area contributed by atoms with Gasteiger partial charge in [-0.2, -0.15) is 0 Å². The predicted molar refractivity (Wildman–Crippen MR) is 54.6 cm³/mol. The van der Waals surface area contributed by atoms with Crippen LogP contribution < -0.4 is 4.90 Å². The standard InChI is InChI=1S/C9H12ClN3O/c1-6-4-8(10)12-9(11-6)13-3-2-7(14)5-13/h4,7,14H,2-3,5H2,1H3/t7-/m1/s1. The number of aromatic nitrogens is 2. The van der Waals surface area contributed by atoms with Crippen LogP contribution in [0, 0.1) is 6.92 Å². The molecule has 0 bridgehead atoms. The number of aliphatic hydroxyl groups is 1. The van der Waals surface area contributed by atoms with E-state index >= 15 is 0 Å². The number of hydrogen-bond donors (Lipinski definition) is 1. The second-order valence-corrected chi connectivity index (χ2v) is 3.91. The number of aryl methyl sites for hydroxylation is 1. The fraction of sp³-hybridized carbons (Fsp3) is 0.556. The van der Waals surface area contributed by atoms with Crippen molar-refractivity contribution in [2.45, 2.75) is 19.4 Å². The van der Waals surface area contributed by atoms with E-state index in [1.807, 2.05) is 11.8 Å². The maximum Gasteiger partial charge on any atom is 0.227 e. The van der Waals surface area contributed by atoms with Crippen LogP contribution in [0.4, 0.5) is 5.95 Å². The molecule has 0 saturated carbocycles. The Morgan fingerprint density at radius 1 is 1.57 bits per heavy atom. The van der Waals surface area contributed by atoms with Crippen molar-refractivity contribution >= 4 is 17.5 Å². The summed E-state index contributed by atoms with van der Waals surface area (Å²) in [5.41, 5.74) is 0.849. The molecule has 0 aliphatic carbocycles. The highest BCUT2D eigenvalue weighted by Gasteiger charge is 2.22. The van der Waals surface area contributed by atoms with Crippen LogP contribution in [0.1, 0.15) is 12.1 Å². The summed E-state index contributed by atoms with van der Waals surface area (Å²) >= 11 is 5.82. The zero-order chi connectivity index (χ0) is 10.1. The third-order valence-corrected chi connectivity index (χ3v) is 2.45. The van der Waals surface area contributed by atoms with Gasteiger partial charge in [0, 0.05) is 18.8 Å². The predicted octanol–water partition coefficient (Wildman–Crippen LogP) is 1.01. The molecule has 0 unspecified atom stereocenters. The lowest BCUT2D eigenvalue weighted by Gasteiger charge is -2.15. The van der Waals surface area contributed by atoms with Gasteiger partial charge in [0.2, 0.25) is 5.95 Å². The summed E-state index contributed by atoms with van der Waals surface area (Å²) in [6, 6.07) is 1.72. The summed E-state index contributed by atoms with van der Waals surface area (Å²) in [7, 11) is 0. The molecule has 1 atom stereocenters. The Balaban J connectivity index is 2.23. The molecule has 1 aliphatic heterocycles. The average molecular weight is 214 g/mol. The van der Waals surface area contributed by atoms with Crippen molar-refractivity contribution in [2.75, 3.05) is 18.0 Å². The van der Waals surface area contributed by atoms with Crippen LogP contribution in [0.3, 0.4) is 0 Å². The molecule has 14 heavy (non-hydrogen) atoms. The summed E-state index contributed by atoms with van der Waals surface area (Å²) < 4.78 is 0. The smallest absolute Gasteiger partial charge is 0.227 e. The number of hydrogen-bond acceptors (Lipinski definition) is 4. The van der Waals surface area contributed by atoms with E-state index in [1.165, 1.54) is 0 Å². The van der Waals surface area contributed by atoms with Gasteiger partial charge in [0.15, 0.2) is 0 Å². The minimum atomic E-state index is -0.266. The van der Waals surface area contributed by atoms with Crippen molar-refractivity contribution in [1.82, 2.24) is 9.97 Å². The van der Waals surface area contributed by atoms with Crippen molar-refractivity contribution in [1.29, 1.82) is 0 Å². The van der Waals surface area contributed by atoms with Crippen LogP contribution in [0.25, 0.3) is 0 Å². The highest BCUT2D eigenvalue weighted by atomic mass is 35.5. The van der Waals surface area contributed by atoms with Gasteiger partial charge < -0.3 is 10.0 Å². The number of nitrogens with zero attached hydrogens (tertiary/aromatic N) is 3. The first-order chi connectivity index (χ1) is 6.65. The Morgan fingerprint density at radius 2 is 2.36 bits per heavy atom. The number of aliphatic hydroxyl groups excluding tert-OH is 1. The molecule has 0 spiro atoms.